The van der Waals surface area contributed by atoms with Gasteiger partial charge in [-0.2, -0.15) is 0 Å². The minimum atomic E-state index is -0.506. The van der Waals surface area contributed by atoms with Gasteiger partial charge in [-0.1, -0.05) is 11.6 Å². The first-order valence-corrected chi connectivity index (χ1v) is 4.81. The van der Waals surface area contributed by atoms with Gasteiger partial charge in [0, 0.05) is 12.3 Å². The molecule has 1 atom stereocenters. The topological polar surface area (TPSA) is 38.7 Å². The van der Waals surface area contributed by atoms with E-state index in [2.05, 4.69) is 13.0 Å². The summed E-state index contributed by atoms with van der Waals surface area (Å²) in [6, 6.07) is 0. The van der Waals surface area contributed by atoms with Gasteiger partial charge in [-0.3, -0.25) is 0 Å². The van der Waals surface area contributed by atoms with E-state index in [1.165, 1.54) is 5.57 Å². The highest BCUT2D eigenvalue weighted by Crippen LogP contribution is 2.39. The molecule has 1 aliphatic heterocycles. The summed E-state index contributed by atoms with van der Waals surface area (Å²) in [5, 5.41) is 9.25. The molecule has 0 aromatic rings. The first kappa shape index (κ1) is 9.19. The minimum Gasteiger partial charge on any atom is -0.396 e. The molecule has 74 valence electrons. The zero-order valence-corrected chi connectivity index (χ0v) is 7.95. The van der Waals surface area contributed by atoms with E-state index < -0.39 is 5.79 Å². The summed E-state index contributed by atoms with van der Waals surface area (Å²) in [4.78, 5) is 0. The van der Waals surface area contributed by atoms with Crippen molar-refractivity contribution in [2.75, 3.05) is 19.8 Å². The molecule has 0 amide bonds. The molecular weight excluding hydrogens is 168 g/mol. The average Bonchev–Trinajstić information content (AvgIpc) is 2.59. The van der Waals surface area contributed by atoms with Gasteiger partial charge < -0.3 is 14.6 Å². The maximum atomic E-state index is 9.25. The zero-order chi connectivity index (χ0) is 9.31. The molecule has 13 heavy (non-hydrogen) atoms. The molecule has 1 spiro atoms. The second-order valence-electron chi connectivity index (χ2n) is 3.85. The lowest BCUT2D eigenvalue weighted by Gasteiger charge is -2.37. The van der Waals surface area contributed by atoms with Crippen molar-refractivity contribution in [3.8, 4) is 0 Å². The van der Waals surface area contributed by atoms with Gasteiger partial charge in [-0.15, -0.1) is 0 Å². The number of hydrogen-bond donors (Lipinski definition) is 1. The third-order valence-corrected chi connectivity index (χ3v) is 2.92. The van der Waals surface area contributed by atoms with Crippen LogP contribution in [0.3, 0.4) is 0 Å². The minimum absolute atomic E-state index is 0.111. The Morgan fingerprint density at radius 3 is 2.85 bits per heavy atom. The van der Waals surface area contributed by atoms with Crippen molar-refractivity contribution in [3.63, 3.8) is 0 Å². The fourth-order valence-corrected chi connectivity index (χ4v) is 2.14. The lowest BCUT2D eigenvalue weighted by Crippen LogP contribution is -2.42. The van der Waals surface area contributed by atoms with Crippen molar-refractivity contribution in [3.05, 3.63) is 11.6 Å². The molecule has 0 saturated carbocycles. The molecule has 1 fully saturated rings. The lowest BCUT2D eigenvalue weighted by molar-refractivity contribution is -0.203. The molecule has 0 aromatic carbocycles. The van der Waals surface area contributed by atoms with Crippen molar-refractivity contribution in [2.45, 2.75) is 25.6 Å². The highest BCUT2D eigenvalue weighted by atomic mass is 16.7. The Balaban J connectivity index is 2.17. The summed E-state index contributed by atoms with van der Waals surface area (Å²) in [7, 11) is 0. The van der Waals surface area contributed by atoms with Crippen molar-refractivity contribution in [2.24, 2.45) is 5.92 Å². The van der Waals surface area contributed by atoms with Crippen LogP contribution in [0.4, 0.5) is 0 Å². The summed E-state index contributed by atoms with van der Waals surface area (Å²) >= 11 is 0. The van der Waals surface area contributed by atoms with E-state index in [9.17, 15) is 5.11 Å². The molecule has 1 N–H and O–H groups in total. The summed E-state index contributed by atoms with van der Waals surface area (Å²) in [6.07, 6.45) is 3.82. The second-order valence-corrected chi connectivity index (χ2v) is 3.85. The van der Waals surface area contributed by atoms with Crippen LogP contribution in [0.25, 0.3) is 0 Å². The SMILES string of the molecule is CC1=CCC2(OCCO2)C(CO)C1. The summed E-state index contributed by atoms with van der Waals surface area (Å²) in [5.74, 6) is -0.395. The van der Waals surface area contributed by atoms with Crippen LogP contribution in [0, 0.1) is 5.92 Å². The van der Waals surface area contributed by atoms with Crippen LogP contribution in [0.2, 0.25) is 0 Å². The van der Waals surface area contributed by atoms with E-state index in [0.29, 0.717) is 13.2 Å². The normalized spacial score (nSPS) is 32.2. The first-order valence-electron chi connectivity index (χ1n) is 4.81. The maximum Gasteiger partial charge on any atom is 0.177 e. The Hall–Kier alpha value is -0.380. The summed E-state index contributed by atoms with van der Waals surface area (Å²) in [5.41, 5.74) is 1.32. The Labute approximate surface area is 78.3 Å². The van der Waals surface area contributed by atoms with E-state index in [1.54, 1.807) is 0 Å². The van der Waals surface area contributed by atoms with Crippen LogP contribution in [0.5, 0.6) is 0 Å². The lowest BCUT2D eigenvalue weighted by atomic mass is 9.84. The number of aliphatic hydroxyl groups is 1. The monoisotopic (exact) mass is 184 g/mol. The fraction of sp³-hybridized carbons (Fsp3) is 0.800. The molecule has 2 aliphatic rings. The van der Waals surface area contributed by atoms with E-state index in [-0.39, 0.29) is 12.5 Å². The standard InChI is InChI=1S/C10H16O3/c1-8-2-3-10(9(6-8)7-11)12-4-5-13-10/h2,9,11H,3-7H2,1H3. The Bertz CT molecular complexity index is 216. The Morgan fingerprint density at radius 2 is 2.23 bits per heavy atom. The van der Waals surface area contributed by atoms with Crippen molar-refractivity contribution >= 4 is 0 Å². The fourth-order valence-electron chi connectivity index (χ4n) is 2.14. The first-order chi connectivity index (χ1) is 6.27. The molecule has 1 aliphatic carbocycles. The highest BCUT2D eigenvalue weighted by molar-refractivity contribution is 5.09. The second kappa shape index (κ2) is 3.40. The predicted octanol–water partition coefficient (Wildman–Crippen LogP) is 1.08. The van der Waals surface area contributed by atoms with Gasteiger partial charge in [-0.05, 0) is 13.3 Å². The van der Waals surface area contributed by atoms with Crippen LogP contribution >= 0.6 is 0 Å². The number of allylic oxidation sites excluding steroid dienone is 1. The predicted molar refractivity (Wildman–Crippen MR) is 48.2 cm³/mol. The van der Waals surface area contributed by atoms with Crippen LogP contribution in [-0.2, 0) is 9.47 Å². The van der Waals surface area contributed by atoms with E-state index >= 15 is 0 Å². The average molecular weight is 184 g/mol. The quantitative estimate of drug-likeness (QED) is 0.620. The molecule has 0 bridgehead atoms. The number of hydrogen-bond acceptors (Lipinski definition) is 3. The Morgan fingerprint density at radius 1 is 1.54 bits per heavy atom. The molecule has 0 aromatic heterocycles. The van der Waals surface area contributed by atoms with E-state index in [0.717, 1.165) is 12.8 Å². The molecule has 3 nitrogen and oxygen atoms in total. The van der Waals surface area contributed by atoms with Gasteiger partial charge in [0.25, 0.3) is 0 Å². The van der Waals surface area contributed by atoms with Crippen LogP contribution in [0.15, 0.2) is 11.6 Å². The third-order valence-electron chi connectivity index (χ3n) is 2.92. The van der Waals surface area contributed by atoms with Gasteiger partial charge in [-0.25, -0.2) is 0 Å². The van der Waals surface area contributed by atoms with Gasteiger partial charge in [0.15, 0.2) is 5.79 Å². The van der Waals surface area contributed by atoms with Gasteiger partial charge >= 0.3 is 0 Å². The van der Waals surface area contributed by atoms with Gasteiger partial charge in [0.2, 0.25) is 0 Å². The van der Waals surface area contributed by atoms with E-state index in [1.807, 2.05) is 0 Å². The largest absolute Gasteiger partial charge is 0.396 e. The molecule has 3 heteroatoms. The highest BCUT2D eigenvalue weighted by Gasteiger charge is 2.44. The summed E-state index contributed by atoms with van der Waals surface area (Å²) < 4.78 is 11.2. The number of ether oxygens (including phenoxy) is 2. The van der Waals surface area contributed by atoms with Gasteiger partial charge in [0.1, 0.15) is 0 Å². The molecule has 2 rings (SSSR count). The smallest absolute Gasteiger partial charge is 0.177 e. The van der Waals surface area contributed by atoms with Crippen LogP contribution in [0.1, 0.15) is 19.8 Å². The zero-order valence-electron chi connectivity index (χ0n) is 7.95. The van der Waals surface area contributed by atoms with Crippen molar-refractivity contribution < 1.29 is 14.6 Å². The molecule has 1 heterocycles. The maximum absolute atomic E-state index is 9.25. The van der Waals surface area contributed by atoms with Crippen molar-refractivity contribution in [1.82, 2.24) is 0 Å². The third kappa shape index (κ3) is 1.52. The van der Waals surface area contributed by atoms with Crippen LogP contribution < -0.4 is 0 Å². The van der Waals surface area contributed by atoms with Gasteiger partial charge in [0.05, 0.1) is 19.8 Å². The molecular formula is C10H16O3. The molecule has 1 unspecified atom stereocenters. The van der Waals surface area contributed by atoms with E-state index in [4.69, 9.17) is 9.47 Å². The van der Waals surface area contributed by atoms with Crippen molar-refractivity contribution in [1.29, 1.82) is 0 Å². The van der Waals surface area contributed by atoms with Crippen LogP contribution in [-0.4, -0.2) is 30.7 Å². The number of rotatable bonds is 1. The Kier molecular flexibility index (Phi) is 2.41. The summed E-state index contributed by atoms with van der Waals surface area (Å²) in [6.45, 7) is 3.54. The molecule has 1 saturated heterocycles. The molecule has 0 radical (unpaired) electrons. The number of aliphatic hydroxyl groups excluding tert-OH is 1.